The van der Waals surface area contributed by atoms with Gasteiger partial charge in [-0.15, -0.1) is 0 Å². The van der Waals surface area contributed by atoms with Crippen molar-refractivity contribution >= 4 is 12.1 Å². The molecule has 96 valence electrons. The summed E-state index contributed by atoms with van der Waals surface area (Å²) in [6, 6.07) is -0.913. The van der Waals surface area contributed by atoms with Crippen LogP contribution in [0.2, 0.25) is 0 Å². The molecule has 1 aliphatic carbocycles. The molecule has 0 aliphatic heterocycles. The second-order valence-electron chi connectivity index (χ2n) is 5.13. The van der Waals surface area contributed by atoms with Crippen molar-refractivity contribution in [3.8, 4) is 0 Å². The normalized spacial score (nSPS) is 21.0. The molecule has 1 amide bonds. The molecule has 0 aromatic carbocycles. The van der Waals surface area contributed by atoms with Gasteiger partial charge in [-0.3, -0.25) is 0 Å². The molecule has 1 aliphatic rings. The Morgan fingerprint density at radius 2 is 2.12 bits per heavy atom. The predicted molar refractivity (Wildman–Crippen MR) is 62.7 cm³/mol. The number of amides is 1. The number of hydrogen-bond acceptors (Lipinski definition) is 3. The van der Waals surface area contributed by atoms with Crippen LogP contribution in [0.5, 0.6) is 0 Å². The molecule has 17 heavy (non-hydrogen) atoms. The van der Waals surface area contributed by atoms with Crippen molar-refractivity contribution in [2.45, 2.75) is 45.3 Å². The number of rotatable bonds is 3. The van der Waals surface area contributed by atoms with E-state index in [1.54, 1.807) is 20.8 Å². The van der Waals surface area contributed by atoms with Gasteiger partial charge in [0.25, 0.3) is 0 Å². The maximum Gasteiger partial charge on any atom is 0.408 e. The molecular weight excluding hydrogens is 222 g/mol. The van der Waals surface area contributed by atoms with Crippen LogP contribution in [0, 0.1) is 5.92 Å². The number of ether oxygens (including phenoxy) is 1. The summed E-state index contributed by atoms with van der Waals surface area (Å²) < 4.78 is 5.04. The molecule has 2 N–H and O–H groups in total. The number of carbonyl (C=O) groups excluding carboxylic acids is 1. The van der Waals surface area contributed by atoms with Gasteiger partial charge in [-0.25, -0.2) is 9.59 Å². The van der Waals surface area contributed by atoms with Gasteiger partial charge in [0.2, 0.25) is 0 Å². The van der Waals surface area contributed by atoms with Crippen LogP contribution < -0.4 is 5.32 Å². The maximum absolute atomic E-state index is 11.5. The molecule has 0 heterocycles. The molecule has 0 aromatic rings. The molecule has 0 aromatic heterocycles. The largest absolute Gasteiger partial charge is 0.480 e. The molecule has 0 bridgehead atoms. The van der Waals surface area contributed by atoms with Crippen molar-refractivity contribution in [1.82, 2.24) is 5.32 Å². The number of aliphatic carboxylic acids is 1. The fourth-order valence-electron chi connectivity index (χ4n) is 1.72. The van der Waals surface area contributed by atoms with Gasteiger partial charge in [-0.1, -0.05) is 12.2 Å². The minimum absolute atomic E-state index is 0.153. The third-order valence-electron chi connectivity index (χ3n) is 2.42. The number of carboxylic acid groups (broad SMARTS) is 1. The third-order valence-corrected chi connectivity index (χ3v) is 2.42. The Balaban J connectivity index is 2.58. The lowest BCUT2D eigenvalue weighted by Crippen LogP contribution is -2.46. The maximum atomic E-state index is 11.5. The van der Waals surface area contributed by atoms with Crippen molar-refractivity contribution in [2.24, 2.45) is 5.92 Å². The number of hydrogen-bond donors (Lipinski definition) is 2. The first kappa shape index (κ1) is 13.5. The summed E-state index contributed by atoms with van der Waals surface area (Å²) >= 11 is 0. The van der Waals surface area contributed by atoms with Crippen LogP contribution in [-0.4, -0.2) is 28.8 Å². The monoisotopic (exact) mass is 241 g/mol. The molecule has 0 fully saturated rings. The molecule has 0 unspecified atom stereocenters. The van der Waals surface area contributed by atoms with Gasteiger partial charge in [0.1, 0.15) is 11.6 Å². The Hall–Kier alpha value is -1.52. The van der Waals surface area contributed by atoms with Crippen molar-refractivity contribution in [3.05, 3.63) is 12.2 Å². The van der Waals surface area contributed by atoms with E-state index in [1.165, 1.54) is 0 Å². The lowest BCUT2D eigenvalue weighted by molar-refractivity contribution is -0.140. The average Bonchev–Trinajstić information content (AvgIpc) is 2.63. The summed E-state index contributed by atoms with van der Waals surface area (Å²) in [6.45, 7) is 5.20. The van der Waals surface area contributed by atoms with Gasteiger partial charge < -0.3 is 15.2 Å². The fourth-order valence-corrected chi connectivity index (χ4v) is 1.72. The standard InChI is InChI=1S/C12H19NO4/c1-12(2,3)17-11(16)13-9(10(14)15)8-6-4-5-7-8/h4,6,8-9H,5,7H2,1-3H3,(H,13,16)(H,14,15)/t8-,9+/m0/s1. The van der Waals surface area contributed by atoms with Crippen molar-refractivity contribution in [1.29, 1.82) is 0 Å². The second-order valence-corrected chi connectivity index (χ2v) is 5.13. The topological polar surface area (TPSA) is 75.6 Å². The summed E-state index contributed by atoms with van der Waals surface area (Å²) in [5.41, 5.74) is -0.626. The first-order valence-electron chi connectivity index (χ1n) is 5.68. The van der Waals surface area contributed by atoms with Crippen LogP contribution in [0.25, 0.3) is 0 Å². The average molecular weight is 241 g/mol. The first-order chi connectivity index (χ1) is 7.79. The van der Waals surface area contributed by atoms with E-state index in [1.807, 2.05) is 12.2 Å². The summed E-state index contributed by atoms with van der Waals surface area (Å²) in [4.78, 5) is 22.6. The lowest BCUT2D eigenvalue weighted by Gasteiger charge is -2.24. The zero-order valence-corrected chi connectivity index (χ0v) is 10.4. The van der Waals surface area contributed by atoms with E-state index in [9.17, 15) is 9.59 Å². The molecule has 0 saturated carbocycles. The van der Waals surface area contributed by atoms with Crippen LogP contribution >= 0.6 is 0 Å². The second kappa shape index (κ2) is 5.21. The summed E-state index contributed by atoms with van der Waals surface area (Å²) in [6.07, 6.45) is 4.66. The van der Waals surface area contributed by atoms with Crippen molar-refractivity contribution < 1.29 is 19.4 Å². The Morgan fingerprint density at radius 3 is 2.53 bits per heavy atom. The highest BCUT2D eigenvalue weighted by molar-refractivity contribution is 5.80. The third kappa shape index (κ3) is 4.46. The summed E-state index contributed by atoms with van der Waals surface area (Å²) in [5.74, 6) is -1.19. The molecule has 0 saturated heterocycles. The van der Waals surface area contributed by atoms with Gasteiger partial charge >= 0.3 is 12.1 Å². The highest BCUT2D eigenvalue weighted by Crippen LogP contribution is 2.21. The Bertz CT molecular complexity index is 330. The van der Waals surface area contributed by atoms with Gasteiger partial charge in [0.15, 0.2) is 0 Å². The Kier molecular flexibility index (Phi) is 4.15. The van der Waals surface area contributed by atoms with E-state index >= 15 is 0 Å². The number of carboxylic acids is 1. The predicted octanol–water partition coefficient (Wildman–Crippen LogP) is 1.93. The highest BCUT2D eigenvalue weighted by atomic mass is 16.6. The van der Waals surface area contributed by atoms with Crippen LogP contribution in [0.1, 0.15) is 33.6 Å². The molecule has 0 spiro atoms. The lowest BCUT2D eigenvalue weighted by atomic mass is 10.00. The molecule has 0 radical (unpaired) electrons. The van der Waals surface area contributed by atoms with Gasteiger partial charge in [-0.05, 0) is 33.6 Å². The molecule has 5 nitrogen and oxygen atoms in total. The van der Waals surface area contributed by atoms with Gasteiger partial charge in [-0.2, -0.15) is 0 Å². The zero-order chi connectivity index (χ0) is 13.1. The number of alkyl carbamates (subject to hydrolysis) is 1. The van der Waals surface area contributed by atoms with Gasteiger partial charge in [0.05, 0.1) is 0 Å². The summed E-state index contributed by atoms with van der Waals surface area (Å²) in [7, 11) is 0. The van der Waals surface area contributed by atoms with Crippen LogP contribution in [0.3, 0.4) is 0 Å². The van der Waals surface area contributed by atoms with E-state index in [0.717, 1.165) is 12.8 Å². The smallest absolute Gasteiger partial charge is 0.408 e. The highest BCUT2D eigenvalue weighted by Gasteiger charge is 2.30. The Morgan fingerprint density at radius 1 is 1.47 bits per heavy atom. The summed E-state index contributed by atoms with van der Waals surface area (Å²) in [5, 5.41) is 11.5. The minimum Gasteiger partial charge on any atom is -0.480 e. The van der Waals surface area contributed by atoms with Crippen molar-refractivity contribution in [3.63, 3.8) is 0 Å². The van der Waals surface area contributed by atoms with Gasteiger partial charge in [0, 0.05) is 5.92 Å². The minimum atomic E-state index is -1.03. The molecular formula is C12H19NO4. The Labute approximate surface area is 101 Å². The first-order valence-corrected chi connectivity index (χ1v) is 5.68. The van der Waals surface area contributed by atoms with Crippen LogP contribution in [0.4, 0.5) is 4.79 Å². The number of allylic oxidation sites excluding steroid dienone is 1. The van der Waals surface area contributed by atoms with E-state index in [2.05, 4.69) is 5.32 Å². The fraction of sp³-hybridized carbons (Fsp3) is 0.667. The van der Waals surface area contributed by atoms with E-state index in [4.69, 9.17) is 9.84 Å². The van der Waals surface area contributed by atoms with E-state index < -0.39 is 23.7 Å². The zero-order valence-electron chi connectivity index (χ0n) is 10.4. The van der Waals surface area contributed by atoms with Crippen LogP contribution in [-0.2, 0) is 9.53 Å². The number of carbonyl (C=O) groups is 2. The van der Waals surface area contributed by atoms with Crippen molar-refractivity contribution in [2.75, 3.05) is 0 Å². The van der Waals surface area contributed by atoms with E-state index in [-0.39, 0.29) is 5.92 Å². The SMILES string of the molecule is CC(C)(C)OC(=O)N[C@@H](C(=O)O)[C@H]1C=CCC1. The quantitative estimate of drug-likeness (QED) is 0.740. The van der Waals surface area contributed by atoms with Crippen LogP contribution in [0.15, 0.2) is 12.2 Å². The molecule has 1 rings (SSSR count). The number of nitrogens with one attached hydrogen (secondary N) is 1. The molecule has 2 atom stereocenters. The van der Waals surface area contributed by atoms with E-state index in [0.29, 0.717) is 0 Å². The molecule has 5 heteroatoms.